The first-order chi connectivity index (χ1) is 18.5. The third-order valence-corrected chi connectivity index (χ3v) is 6.98. The van der Waals surface area contributed by atoms with Crippen molar-refractivity contribution in [3.05, 3.63) is 64.7 Å². The largest absolute Gasteiger partial charge is 0.495 e. The molecule has 9 heteroatoms. The van der Waals surface area contributed by atoms with Crippen molar-refractivity contribution in [1.82, 2.24) is 16.0 Å². The molecular formula is C30H40ClN3O5. The van der Waals surface area contributed by atoms with Gasteiger partial charge in [-0.25, -0.2) is 0 Å². The third kappa shape index (κ3) is 9.70. The number of ether oxygens (including phenoxy) is 1. The van der Waals surface area contributed by atoms with Crippen LogP contribution >= 0.6 is 11.6 Å². The molecule has 0 unspecified atom stereocenters. The van der Waals surface area contributed by atoms with Crippen LogP contribution in [0.5, 0.6) is 5.75 Å². The van der Waals surface area contributed by atoms with Crippen LogP contribution in [0.2, 0.25) is 5.02 Å². The van der Waals surface area contributed by atoms with Gasteiger partial charge in [0.1, 0.15) is 11.3 Å². The molecule has 0 aliphatic carbocycles. The fraction of sp³-hybridized carbons (Fsp3) is 0.467. The maximum absolute atomic E-state index is 13.3. The van der Waals surface area contributed by atoms with Crippen LogP contribution in [0.25, 0.3) is 0 Å². The molecule has 0 fully saturated rings. The van der Waals surface area contributed by atoms with Crippen LogP contribution in [-0.2, 0) is 32.3 Å². The molecule has 0 saturated carbocycles. The smallest absolute Gasteiger partial charge is 0.290 e. The highest BCUT2D eigenvalue weighted by Gasteiger charge is 2.39. The zero-order valence-electron chi connectivity index (χ0n) is 23.4. The van der Waals surface area contributed by atoms with Crippen molar-refractivity contribution >= 4 is 35.1 Å². The summed E-state index contributed by atoms with van der Waals surface area (Å²) in [5.41, 5.74) is 0.215. The van der Waals surface area contributed by atoms with Gasteiger partial charge in [0.05, 0.1) is 12.1 Å². The van der Waals surface area contributed by atoms with Crippen LogP contribution in [0.15, 0.2) is 48.5 Å². The third-order valence-electron chi connectivity index (χ3n) is 6.68. The summed E-state index contributed by atoms with van der Waals surface area (Å²) in [6.07, 6.45) is 1.28. The van der Waals surface area contributed by atoms with Crippen LogP contribution < -0.4 is 20.7 Å². The molecule has 39 heavy (non-hydrogen) atoms. The van der Waals surface area contributed by atoms with Gasteiger partial charge in [-0.05, 0) is 43.7 Å². The van der Waals surface area contributed by atoms with Crippen LogP contribution in [0, 0.1) is 11.8 Å². The first kappa shape index (κ1) is 31.8. The molecule has 0 spiro atoms. The Bertz CT molecular complexity index is 1140. The Kier molecular flexibility index (Phi) is 12.5. The molecule has 0 aliphatic rings. The summed E-state index contributed by atoms with van der Waals surface area (Å²) in [6, 6.07) is 14.7. The lowest BCUT2D eigenvalue weighted by molar-refractivity contribution is -0.143. The minimum atomic E-state index is -1.40. The predicted octanol–water partition coefficient (Wildman–Crippen LogP) is 4.58. The van der Waals surface area contributed by atoms with Crippen molar-refractivity contribution in [1.29, 1.82) is 0 Å². The Labute approximate surface area is 236 Å². The summed E-state index contributed by atoms with van der Waals surface area (Å²) >= 11 is 6.14. The van der Waals surface area contributed by atoms with Gasteiger partial charge in [0, 0.05) is 31.0 Å². The summed E-state index contributed by atoms with van der Waals surface area (Å²) in [6.45, 7) is 7.73. The van der Waals surface area contributed by atoms with E-state index in [-0.39, 0.29) is 37.1 Å². The Morgan fingerprint density at radius 2 is 1.67 bits per heavy atom. The van der Waals surface area contributed by atoms with Crippen molar-refractivity contribution in [2.45, 2.75) is 72.0 Å². The van der Waals surface area contributed by atoms with Crippen LogP contribution in [0.4, 0.5) is 0 Å². The highest BCUT2D eigenvalue weighted by Crippen LogP contribution is 2.28. The molecular weight excluding hydrogens is 518 g/mol. The lowest BCUT2D eigenvalue weighted by atomic mass is 9.88. The first-order valence-corrected chi connectivity index (χ1v) is 13.6. The summed E-state index contributed by atoms with van der Waals surface area (Å²) in [7, 11) is 1.47. The number of ketones is 1. The highest BCUT2D eigenvalue weighted by atomic mass is 35.5. The number of benzene rings is 2. The summed E-state index contributed by atoms with van der Waals surface area (Å²) in [4.78, 5) is 51.7. The van der Waals surface area contributed by atoms with E-state index in [0.717, 1.165) is 5.56 Å². The van der Waals surface area contributed by atoms with Gasteiger partial charge in [-0.2, -0.15) is 0 Å². The SMILES string of the molecule is CC[C@@](C)(NC(=O)[C@@H](CCC(=O)NCc1ccccc1)CC(C)C)C(=O)C(=O)NCc1cccc(Cl)c1OC. The Hall–Kier alpha value is -3.39. The second kappa shape index (κ2) is 15.3. The minimum absolute atomic E-state index is 0.0378. The first-order valence-electron chi connectivity index (χ1n) is 13.3. The van der Waals surface area contributed by atoms with E-state index in [1.807, 2.05) is 44.2 Å². The monoisotopic (exact) mass is 557 g/mol. The summed E-state index contributed by atoms with van der Waals surface area (Å²) in [5.74, 6) is -1.92. The standard InChI is InChI=1S/C30H40ClN3O5/c1-6-30(4,27(36)29(38)33-19-23-13-10-14-24(31)26(23)39-5)34-28(37)22(17-20(2)3)15-16-25(35)32-18-21-11-8-7-9-12-21/h7-14,20,22H,6,15-19H2,1-5H3,(H,32,35)(H,33,38)(H,34,37)/t22-,30+/m0/s1. The molecule has 0 aromatic heterocycles. The molecule has 8 nitrogen and oxygen atoms in total. The Morgan fingerprint density at radius 3 is 2.28 bits per heavy atom. The lowest BCUT2D eigenvalue weighted by Gasteiger charge is -2.30. The molecule has 3 amide bonds. The topological polar surface area (TPSA) is 114 Å². The molecule has 212 valence electrons. The van der Waals surface area contributed by atoms with E-state index in [0.29, 0.717) is 35.7 Å². The van der Waals surface area contributed by atoms with Crippen molar-refractivity contribution in [3.8, 4) is 5.75 Å². The molecule has 0 bridgehead atoms. The van der Waals surface area contributed by atoms with Crippen molar-refractivity contribution in [3.63, 3.8) is 0 Å². The second-order valence-electron chi connectivity index (χ2n) is 10.2. The van der Waals surface area contributed by atoms with E-state index in [1.54, 1.807) is 32.0 Å². The number of Topliss-reactive ketones (excluding diaryl/α,β-unsaturated/α-hetero) is 1. The average molecular weight is 558 g/mol. The van der Waals surface area contributed by atoms with Crippen molar-refractivity contribution in [2.75, 3.05) is 7.11 Å². The van der Waals surface area contributed by atoms with Crippen molar-refractivity contribution < 1.29 is 23.9 Å². The normalized spacial score (nSPS) is 13.2. The Morgan fingerprint density at radius 1 is 0.974 bits per heavy atom. The molecule has 2 rings (SSSR count). The van der Waals surface area contributed by atoms with Gasteiger partial charge in [-0.1, -0.05) is 74.8 Å². The van der Waals surface area contributed by atoms with Gasteiger partial charge in [0.2, 0.25) is 17.6 Å². The van der Waals surface area contributed by atoms with E-state index in [1.165, 1.54) is 7.11 Å². The fourth-order valence-corrected chi connectivity index (χ4v) is 4.49. The number of rotatable bonds is 15. The number of amides is 3. The van der Waals surface area contributed by atoms with Gasteiger partial charge in [-0.3, -0.25) is 19.2 Å². The average Bonchev–Trinajstić information content (AvgIpc) is 2.92. The maximum Gasteiger partial charge on any atom is 0.290 e. The zero-order chi connectivity index (χ0) is 29.0. The summed E-state index contributed by atoms with van der Waals surface area (Å²) < 4.78 is 5.29. The molecule has 0 radical (unpaired) electrons. The summed E-state index contributed by atoms with van der Waals surface area (Å²) in [5, 5.41) is 8.70. The number of hydrogen-bond acceptors (Lipinski definition) is 5. The van der Waals surface area contributed by atoms with Crippen LogP contribution in [0.1, 0.15) is 64.5 Å². The lowest BCUT2D eigenvalue weighted by Crippen LogP contribution is -2.57. The van der Waals surface area contributed by atoms with Crippen molar-refractivity contribution in [2.24, 2.45) is 11.8 Å². The molecule has 2 aromatic carbocycles. The number of carbonyl (C=O) groups excluding carboxylic acids is 4. The van der Waals surface area contributed by atoms with E-state index >= 15 is 0 Å². The predicted molar refractivity (Wildman–Crippen MR) is 152 cm³/mol. The number of methoxy groups -OCH3 is 1. The maximum atomic E-state index is 13.3. The Balaban J connectivity index is 2.00. The van der Waals surface area contributed by atoms with E-state index in [9.17, 15) is 19.2 Å². The van der Waals surface area contributed by atoms with E-state index in [2.05, 4.69) is 16.0 Å². The van der Waals surface area contributed by atoms with E-state index < -0.39 is 23.1 Å². The fourth-order valence-electron chi connectivity index (χ4n) is 4.22. The van der Waals surface area contributed by atoms with Gasteiger partial charge >= 0.3 is 0 Å². The second-order valence-corrected chi connectivity index (χ2v) is 10.7. The molecule has 2 aromatic rings. The quantitative estimate of drug-likeness (QED) is 0.277. The minimum Gasteiger partial charge on any atom is -0.495 e. The van der Waals surface area contributed by atoms with Gasteiger partial charge in [0.25, 0.3) is 5.91 Å². The van der Waals surface area contributed by atoms with E-state index in [4.69, 9.17) is 16.3 Å². The number of halogens is 1. The number of carbonyl (C=O) groups is 4. The number of hydrogen-bond donors (Lipinski definition) is 3. The molecule has 3 N–H and O–H groups in total. The van der Waals surface area contributed by atoms with Crippen LogP contribution in [-0.4, -0.2) is 36.2 Å². The number of nitrogens with one attached hydrogen (secondary N) is 3. The van der Waals surface area contributed by atoms with Crippen LogP contribution in [0.3, 0.4) is 0 Å². The molecule has 2 atom stereocenters. The highest BCUT2D eigenvalue weighted by molar-refractivity contribution is 6.39. The van der Waals surface area contributed by atoms with Gasteiger partial charge < -0.3 is 20.7 Å². The number of para-hydroxylation sites is 1. The zero-order valence-corrected chi connectivity index (χ0v) is 24.2. The van der Waals surface area contributed by atoms with Gasteiger partial charge in [-0.15, -0.1) is 0 Å². The molecule has 0 aliphatic heterocycles. The molecule has 0 heterocycles. The van der Waals surface area contributed by atoms with Gasteiger partial charge in [0.15, 0.2) is 0 Å². The molecule has 0 saturated heterocycles.